The molecule has 3 heterocycles. The van der Waals surface area contributed by atoms with Gasteiger partial charge in [-0.05, 0) is 68.0 Å². The molecule has 1 aliphatic heterocycles. The van der Waals surface area contributed by atoms with Gasteiger partial charge in [-0.25, -0.2) is 0 Å². The van der Waals surface area contributed by atoms with E-state index in [0.29, 0.717) is 22.0 Å². The second-order valence-electron chi connectivity index (χ2n) is 7.91. The highest BCUT2D eigenvalue weighted by molar-refractivity contribution is 7.97. The molecule has 7 nitrogen and oxygen atoms in total. The highest BCUT2D eigenvalue weighted by Gasteiger charge is 2.30. The van der Waals surface area contributed by atoms with Crippen molar-refractivity contribution in [2.24, 2.45) is 5.92 Å². The van der Waals surface area contributed by atoms with Crippen LogP contribution in [0.2, 0.25) is 10.0 Å². The van der Waals surface area contributed by atoms with Crippen molar-refractivity contribution in [3.8, 4) is 0 Å². The van der Waals surface area contributed by atoms with Crippen molar-refractivity contribution in [2.45, 2.75) is 36.6 Å². The summed E-state index contributed by atoms with van der Waals surface area (Å²) in [6.45, 7) is 1.79. The van der Waals surface area contributed by atoms with Gasteiger partial charge in [0.2, 0.25) is 11.9 Å². The molecule has 1 aromatic carbocycles. The maximum absolute atomic E-state index is 12.0. The van der Waals surface area contributed by atoms with Gasteiger partial charge in [-0.15, -0.1) is 5.10 Å². The number of nitrogens with zero attached hydrogens (tertiary/aromatic N) is 4. The zero-order chi connectivity index (χ0) is 21.4. The molecule has 0 spiro atoms. The van der Waals surface area contributed by atoms with Crippen molar-refractivity contribution in [3.05, 3.63) is 46.4 Å². The smallest absolute Gasteiger partial charge is 0.249 e. The molecule has 3 aromatic rings. The van der Waals surface area contributed by atoms with Gasteiger partial charge in [-0.2, -0.15) is 9.50 Å². The van der Waals surface area contributed by atoms with E-state index in [9.17, 15) is 4.79 Å². The minimum absolute atomic E-state index is 0.0154. The standard InChI is InChI=1S/C21H22Cl2N6OS/c22-14-6-7-16(23)17(12-14)31-27-15-8-10-28(11-9-15)19-3-1-2-18-24-21(26-29(18)19)25-20(30)13-4-5-13/h1-3,6-7,12-13,15,27H,4-5,8-11H2,(H,25,26,30). The number of piperidine rings is 1. The number of hydrogen-bond donors (Lipinski definition) is 2. The molecular weight excluding hydrogens is 455 g/mol. The van der Waals surface area contributed by atoms with Crippen LogP contribution in [0.25, 0.3) is 5.65 Å². The van der Waals surface area contributed by atoms with Crippen LogP contribution in [0, 0.1) is 5.92 Å². The van der Waals surface area contributed by atoms with Gasteiger partial charge in [0.15, 0.2) is 5.65 Å². The van der Waals surface area contributed by atoms with Crippen LogP contribution in [0.4, 0.5) is 11.8 Å². The summed E-state index contributed by atoms with van der Waals surface area (Å²) in [5, 5.41) is 8.75. The molecule has 10 heteroatoms. The Morgan fingerprint density at radius 2 is 1.90 bits per heavy atom. The lowest BCUT2D eigenvalue weighted by atomic mass is 10.1. The lowest BCUT2D eigenvalue weighted by Gasteiger charge is -2.33. The Morgan fingerprint density at radius 3 is 2.68 bits per heavy atom. The molecule has 0 bridgehead atoms. The molecule has 0 atom stereocenters. The third kappa shape index (κ3) is 4.77. The number of fused-ring (bicyclic) bond motifs is 1. The third-order valence-electron chi connectivity index (χ3n) is 5.57. The van der Waals surface area contributed by atoms with Crippen LogP contribution in [-0.2, 0) is 4.79 Å². The minimum atomic E-state index is 0.0154. The molecular formula is C21H22Cl2N6OS. The van der Waals surface area contributed by atoms with Gasteiger partial charge in [-0.1, -0.05) is 29.3 Å². The number of pyridine rings is 1. The average molecular weight is 477 g/mol. The molecule has 2 fully saturated rings. The van der Waals surface area contributed by atoms with E-state index < -0.39 is 0 Å². The van der Waals surface area contributed by atoms with Crippen molar-refractivity contribution in [2.75, 3.05) is 23.3 Å². The molecule has 2 N–H and O–H groups in total. The van der Waals surface area contributed by atoms with Gasteiger partial charge >= 0.3 is 0 Å². The number of carbonyl (C=O) groups excluding carboxylic acids is 1. The first kappa shape index (κ1) is 20.9. The molecule has 162 valence electrons. The van der Waals surface area contributed by atoms with Crippen LogP contribution in [0.1, 0.15) is 25.7 Å². The maximum atomic E-state index is 12.0. The van der Waals surface area contributed by atoms with E-state index in [1.54, 1.807) is 6.07 Å². The van der Waals surface area contributed by atoms with Gasteiger partial charge in [-0.3, -0.25) is 14.8 Å². The predicted molar refractivity (Wildman–Crippen MR) is 125 cm³/mol. The van der Waals surface area contributed by atoms with E-state index in [1.807, 2.05) is 34.8 Å². The molecule has 2 aliphatic rings. The van der Waals surface area contributed by atoms with Gasteiger partial charge < -0.3 is 4.90 Å². The number of nitrogens with one attached hydrogen (secondary N) is 2. The maximum Gasteiger partial charge on any atom is 0.249 e. The van der Waals surface area contributed by atoms with Crippen molar-refractivity contribution in [1.82, 2.24) is 19.3 Å². The predicted octanol–water partition coefficient (Wildman–Crippen LogP) is 4.65. The SMILES string of the molecule is O=C(Nc1nc2cccc(N3CCC(NSc4cc(Cl)ccc4Cl)CC3)n2n1)C1CC1. The Labute approximate surface area is 194 Å². The van der Waals surface area contributed by atoms with Crippen LogP contribution in [0.3, 0.4) is 0 Å². The molecule has 1 amide bonds. The topological polar surface area (TPSA) is 74.6 Å². The van der Waals surface area contributed by atoms with Crippen LogP contribution >= 0.6 is 35.1 Å². The van der Waals surface area contributed by atoms with E-state index in [0.717, 1.165) is 55.1 Å². The van der Waals surface area contributed by atoms with Crippen molar-refractivity contribution in [3.63, 3.8) is 0 Å². The third-order valence-corrected chi connectivity index (χ3v) is 7.26. The Kier molecular flexibility index (Phi) is 5.97. The van der Waals surface area contributed by atoms with E-state index in [1.165, 1.54) is 11.9 Å². The average Bonchev–Trinajstić information content (AvgIpc) is 3.54. The summed E-state index contributed by atoms with van der Waals surface area (Å²) < 4.78 is 5.34. The molecule has 1 saturated carbocycles. The summed E-state index contributed by atoms with van der Waals surface area (Å²) in [6, 6.07) is 11.8. The molecule has 1 saturated heterocycles. The Balaban J connectivity index is 1.22. The number of halogens is 2. The largest absolute Gasteiger partial charge is 0.356 e. The first-order valence-corrected chi connectivity index (χ1v) is 11.9. The van der Waals surface area contributed by atoms with Crippen LogP contribution in [0.5, 0.6) is 0 Å². The highest BCUT2D eigenvalue weighted by atomic mass is 35.5. The summed E-state index contributed by atoms with van der Waals surface area (Å²) in [7, 11) is 0. The van der Waals surface area contributed by atoms with E-state index in [-0.39, 0.29) is 11.8 Å². The van der Waals surface area contributed by atoms with Gasteiger partial charge in [0.1, 0.15) is 5.82 Å². The summed E-state index contributed by atoms with van der Waals surface area (Å²) in [5.41, 5.74) is 0.731. The second kappa shape index (κ2) is 8.86. The summed E-state index contributed by atoms with van der Waals surface area (Å²) >= 11 is 13.9. The lowest BCUT2D eigenvalue weighted by Crippen LogP contribution is -2.41. The first-order chi connectivity index (χ1) is 15.1. The number of rotatable bonds is 6. The number of carbonyl (C=O) groups is 1. The van der Waals surface area contributed by atoms with Crippen molar-refractivity contribution in [1.29, 1.82) is 0 Å². The summed E-state index contributed by atoms with van der Waals surface area (Å²) in [4.78, 5) is 19.8. The summed E-state index contributed by atoms with van der Waals surface area (Å²) in [6.07, 6.45) is 3.88. The minimum Gasteiger partial charge on any atom is -0.356 e. The Hall–Kier alpha value is -2.00. The second-order valence-corrected chi connectivity index (χ2v) is 9.63. The number of anilines is 2. The van der Waals surface area contributed by atoms with Crippen molar-refractivity contribution < 1.29 is 4.79 Å². The zero-order valence-electron chi connectivity index (χ0n) is 16.7. The van der Waals surface area contributed by atoms with Crippen LogP contribution in [-0.4, -0.2) is 39.6 Å². The summed E-state index contributed by atoms with van der Waals surface area (Å²) in [5.74, 6) is 1.50. The van der Waals surface area contributed by atoms with Crippen molar-refractivity contribution >= 4 is 58.5 Å². The molecule has 31 heavy (non-hydrogen) atoms. The fourth-order valence-electron chi connectivity index (χ4n) is 3.67. The zero-order valence-corrected chi connectivity index (χ0v) is 19.1. The Bertz CT molecular complexity index is 1110. The molecule has 0 radical (unpaired) electrons. The molecule has 1 aliphatic carbocycles. The van der Waals surface area contributed by atoms with E-state index >= 15 is 0 Å². The monoisotopic (exact) mass is 476 g/mol. The molecule has 0 unspecified atom stereocenters. The molecule has 2 aromatic heterocycles. The number of amides is 1. The molecule has 5 rings (SSSR count). The van der Waals surface area contributed by atoms with Gasteiger partial charge in [0.25, 0.3) is 0 Å². The Morgan fingerprint density at radius 1 is 1.10 bits per heavy atom. The van der Waals surface area contributed by atoms with Crippen LogP contribution < -0.4 is 14.9 Å². The number of benzene rings is 1. The van der Waals surface area contributed by atoms with Gasteiger partial charge in [0.05, 0.1) is 5.02 Å². The number of hydrogen-bond acceptors (Lipinski definition) is 6. The lowest BCUT2D eigenvalue weighted by molar-refractivity contribution is -0.117. The fraction of sp³-hybridized carbons (Fsp3) is 0.381. The first-order valence-electron chi connectivity index (χ1n) is 10.4. The van der Waals surface area contributed by atoms with Crippen LogP contribution in [0.15, 0.2) is 41.3 Å². The quantitative estimate of drug-likeness (QED) is 0.504. The van der Waals surface area contributed by atoms with E-state index in [4.69, 9.17) is 23.2 Å². The van der Waals surface area contributed by atoms with E-state index in [2.05, 4.69) is 25.0 Å². The van der Waals surface area contributed by atoms with Gasteiger partial charge in [0, 0.05) is 35.0 Å². The highest BCUT2D eigenvalue weighted by Crippen LogP contribution is 2.31. The fourth-order valence-corrected chi connectivity index (χ4v) is 5.02. The number of aromatic nitrogens is 3. The normalized spacial score (nSPS) is 17.3.